The van der Waals surface area contributed by atoms with Crippen LogP contribution in [-0.4, -0.2) is 34.7 Å². The molecule has 0 aliphatic heterocycles. The molecule has 1 amide bonds. The van der Waals surface area contributed by atoms with Crippen molar-refractivity contribution in [2.75, 3.05) is 12.4 Å². The maximum absolute atomic E-state index is 12.2. The molecule has 0 fully saturated rings. The Bertz CT molecular complexity index is 1330. The van der Waals surface area contributed by atoms with E-state index in [0.29, 0.717) is 24.7 Å². The Morgan fingerprint density at radius 1 is 1.03 bits per heavy atom. The van der Waals surface area contributed by atoms with E-state index >= 15 is 0 Å². The van der Waals surface area contributed by atoms with E-state index in [1.807, 2.05) is 73.7 Å². The first-order valence-corrected chi connectivity index (χ1v) is 13.2. The highest BCUT2D eigenvalue weighted by Gasteiger charge is 2.10. The van der Waals surface area contributed by atoms with E-state index in [1.165, 1.54) is 28.7 Å². The van der Waals surface area contributed by atoms with Gasteiger partial charge in [-0.05, 0) is 48.7 Å². The standard InChI is InChI=1S/C27H26N4O3S2/c1-3-33-24-15-20(13-14-23(24)34-17-22-12-8-7-9-19(22)2)16-28-29-25(32)18-35-27-31-30-26(36-27)21-10-5-4-6-11-21/h4-16H,3,17-18H2,1-2H3,(H,29,32). The predicted octanol–water partition coefficient (Wildman–Crippen LogP) is 5.73. The van der Waals surface area contributed by atoms with Gasteiger partial charge in [0.05, 0.1) is 18.6 Å². The number of carbonyl (C=O) groups is 1. The van der Waals surface area contributed by atoms with E-state index in [2.05, 4.69) is 33.7 Å². The number of thioether (sulfide) groups is 1. The molecule has 0 spiro atoms. The summed E-state index contributed by atoms with van der Waals surface area (Å²) in [5, 5.41) is 13.3. The smallest absolute Gasteiger partial charge is 0.250 e. The van der Waals surface area contributed by atoms with Gasteiger partial charge in [-0.2, -0.15) is 5.10 Å². The zero-order valence-electron chi connectivity index (χ0n) is 20.0. The van der Waals surface area contributed by atoms with Gasteiger partial charge in [0.2, 0.25) is 0 Å². The summed E-state index contributed by atoms with van der Waals surface area (Å²) < 4.78 is 12.5. The molecule has 3 aromatic carbocycles. The third-order valence-corrected chi connectivity index (χ3v) is 7.17. The van der Waals surface area contributed by atoms with Crippen molar-refractivity contribution >= 4 is 35.2 Å². The fourth-order valence-corrected chi connectivity index (χ4v) is 4.87. The Balaban J connectivity index is 1.29. The molecule has 184 valence electrons. The largest absolute Gasteiger partial charge is 0.490 e. The molecule has 36 heavy (non-hydrogen) atoms. The number of ether oxygens (including phenoxy) is 2. The van der Waals surface area contributed by atoms with Crippen LogP contribution in [0.2, 0.25) is 0 Å². The lowest BCUT2D eigenvalue weighted by atomic mass is 10.1. The zero-order chi connectivity index (χ0) is 25.2. The van der Waals surface area contributed by atoms with Crippen LogP contribution in [0.15, 0.2) is 82.2 Å². The number of carbonyl (C=O) groups excluding carboxylic acids is 1. The molecule has 1 heterocycles. The molecule has 0 saturated heterocycles. The van der Waals surface area contributed by atoms with Gasteiger partial charge in [0.1, 0.15) is 11.6 Å². The van der Waals surface area contributed by atoms with Gasteiger partial charge >= 0.3 is 0 Å². The number of rotatable bonds is 11. The number of benzene rings is 3. The first-order chi connectivity index (χ1) is 17.6. The lowest BCUT2D eigenvalue weighted by Crippen LogP contribution is -2.19. The van der Waals surface area contributed by atoms with Gasteiger partial charge in [-0.3, -0.25) is 4.79 Å². The van der Waals surface area contributed by atoms with E-state index in [4.69, 9.17) is 9.47 Å². The highest BCUT2D eigenvalue weighted by atomic mass is 32.2. The molecular weight excluding hydrogens is 492 g/mol. The van der Waals surface area contributed by atoms with Gasteiger partial charge in [-0.25, -0.2) is 5.43 Å². The van der Waals surface area contributed by atoms with Crippen molar-refractivity contribution in [1.82, 2.24) is 15.6 Å². The summed E-state index contributed by atoms with van der Waals surface area (Å²) in [5.41, 5.74) is 6.64. The second-order valence-electron chi connectivity index (χ2n) is 7.68. The van der Waals surface area contributed by atoms with Crippen LogP contribution >= 0.6 is 23.1 Å². The number of amides is 1. The average Bonchev–Trinajstić information content (AvgIpc) is 3.38. The normalized spacial score (nSPS) is 10.9. The number of aryl methyl sites for hydroxylation is 1. The average molecular weight is 519 g/mol. The first-order valence-electron chi connectivity index (χ1n) is 11.4. The summed E-state index contributed by atoms with van der Waals surface area (Å²) in [4.78, 5) is 12.2. The lowest BCUT2D eigenvalue weighted by molar-refractivity contribution is -0.118. The highest BCUT2D eigenvalue weighted by molar-refractivity contribution is 8.01. The van der Waals surface area contributed by atoms with E-state index in [0.717, 1.165) is 26.0 Å². The molecule has 4 rings (SSSR count). The van der Waals surface area contributed by atoms with Crippen molar-refractivity contribution in [1.29, 1.82) is 0 Å². The van der Waals surface area contributed by atoms with Crippen LogP contribution in [0, 0.1) is 6.92 Å². The van der Waals surface area contributed by atoms with Crippen molar-refractivity contribution in [2.24, 2.45) is 5.10 Å². The number of aromatic nitrogens is 2. The van der Waals surface area contributed by atoms with Crippen LogP contribution in [0.4, 0.5) is 0 Å². The van der Waals surface area contributed by atoms with Gasteiger partial charge in [-0.1, -0.05) is 77.7 Å². The summed E-state index contributed by atoms with van der Waals surface area (Å²) in [7, 11) is 0. The number of hydrazone groups is 1. The van der Waals surface area contributed by atoms with Crippen LogP contribution in [0.25, 0.3) is 10.6 Å². The second kappa shape index (κ2) is 12.9. The van der Waals surface area contributed by atoms with Gasteiger partial charge in [-0.15, -0.1) is 10.2 Å². The third-order valence-electron chi connectivity index (χ3n) is 5.07. The van der Waals surface area contributed by atoms with Crippen LogP contribution in [0.5, 0.6) is 11.5 Å². The molecule has 0 radical (unpaired) electrons. The summed E-state index contributed by atoms with van der Waals surface area (Å²) in [6, 6.07) is 23.5. The molecule has 0 aliphatic rings. The Kier molecular flexibility index (Phi) is 9.07. The summed E-state index contributed by atoms with van der Waals surface area (Å²) >= 11 is 2.78. The monoisotopic (exact) mass is 518 g/mol. The van der Waals surface area contributed by atoms with Crippen molar-refractivity contribution in [2.45, 2.75) is 24.8 Å². The van der Waals surface area contributed by atoms with E-state index in [-0.39, 0.29) is 11.7 Å². The molecule has 9 heteroatoms. The van der Waals surface area contributed by atoms with E-state index < -0.39 is 0 Å². The molecule has 7 nitrogen and oxygen atoms in total. The van der Waals surface area contributed by atoms with Crippen LogP contribution < -0.4 is 14.9 Å². The predicted molar refractivity (Wildman–Crippen MR) is 145 cm³/mol. The highest BCUT2D eigenvalue weighted by Crippen LogP contribution is 2.30. The molecule has 0 unspecified atom stereocenters. The topological polar surface area (TPSA) is 85.7 Å². The van der Waals surface area contributed by atoms with Gasteiger partial charge < -0.3 is 9.47 Å². The maximum atomic E-state index is 12.2. The SMILES string of the molecule is CCOc1cc(C=NNC(=O)CSc2nnc(-c3ccccc3)s2)ccc1OCc1ccccc1C. The Labute approximate surface area is 218 Å². The van der Waals surface area contributed by atoms with Crippen molar-refractivity contribution in [3.8, 4) is 22.1 Å². The summed E-state index contributed by atoms with van der Waals surface area (Å²) in [5.74, 6) is 1.25. The van der Waals surface area contributed by atoms with Crippen molar-refractivity contribution in [3.63, 3.8) is 0 Å². The fraction of sp³-hybridized carbons (Fsp3) is 0.185. The molecule has 1 N–H and O–H groups in total. The van der Waals surface area contributed by atoms with Gasteiger partial charge in [0.15, 0.2) is 15.8 Å². The molecule has 0 saturated carbocycles. The first kappa shape index (κ1) is 25.4. The van der Waals surface area contributed by atoms with Crippen LogP contribution in [0.3, 0.4) is 0 Å². The minimum atomic E-state index is -0.226. The molecular formula is C27H26N4O3S2. The number of nitrogens with one attached hydrogen (secondary N) is 1. The van der Waals surface area contributed by atoms with Crippen molar-refractivity contribution < 1.29 is 14.3 Å². The van der Waals surface area contributed by atoms with E-state index in [1.54, 1.807) is 6.21 Å². The fourth-order valence-electron chi connectivity index (χ4n) is 3.22. The van der Waals surface area contributed by atoms with Crippen molar-refractivity contribution in [3.05, 3.63) is 89.5 Å². The minimum Gasteiger partial charge on any atom is -0.490 e. The van der Waals surface area contributed by atoms with Crippen LogP contribution in [-0.2, 0) is 11.4 Å². The Hall–Kier alpha value is -3.69. The zero-order valence-corrected chi connectivity index (χ0v) is 21.6. The maximum Gasteiger partial charge on any atom is 0.250 e. The number of hydrogen-bond acceptors (Lipinski definition) is 8. The summed E-state index contributed by atoms with van der Waals surface area (Å²) in [6.07, 6.45) is 1.58. The quantitative estimate of drug-likeness (QED) is 0.155. The Morgan fingerprint density at radius 3 is 2.64 bits per heavy atom. The van der Waals surface area contributed by atoms with Crippen LogP contribution in [0.1, 0.15) is 23.6 Å². The molecule has 1 aromatic heterocycles. The van der Waals surface area contributed by atoms with Gasteiger partial charge in [0.25, 0.3) is 5.91 Å². The molecule has 4 aromatic rings. The van der Waals surface area contributed by atoms with E-state index in [9.17, 15) is 4.79 Å². The third kappa shape index (κ3) is 7.16. The van der Waals surface area contributed by atoms with Gasteiger partial charge in [0, 0.05) is 5.56 Å². The minimum absolute atomic E-state index is 0.191. The second-order valence-corrected chi connectivity index (χ2v) is 9.88. The number of nitrogens with zero attached hydrogens (tertiary/aromatic N) is 3. The molecule has 0 aliphatic carbocycles. The molecule has 0 bridgehead atoms. The molecule has 0 atom stereocenters. The Morgan fingerprint density at radius 2 is 1.83 bits per heavy atom. The lowest BCUT2D eigenvalue weighted by Gasteiger charge is -2.13. The number of hydrogen-bond donors (Lipinski definition) is 1. The summed E-state index contributed by atoms with van der Waals surface area (Å²) in [6.45, 7) is 4.94.